The van der Waals surface area contributed by atoms with E-state index < -0.39 is 18.0 Å². The third-order valence-electron chi connectivity index (χ3n) is 5.23. The molecule has 0 aliphatic carbocycles. The zero-order valence-electron chi connectivity index (χ0n) is 20.1. The lowest BCUT2D eigenvalue weighted by atomic mass is 9.92. The van der Waals surface area contributed by atoms with Crippen LogP contribution < -0.4 is 10.1 Å². The Bertz CT molecular complexity index is 1150. The molecule has 0 spiro atoms. The quantitative estimate of drug-likeness (QED) is 0.346. The average molecular weight is 517 g/mol. The van der Waals surface area contributed by atoms with Crippen molar-refractivity contribution in [1.82, 2.24) is 10.3 Å². The summed E-state index contributed by atoms with van der Waals surface area (Å²) in [7, 11) is 0. The summed E-state index contributed by atoms with van der Waals surface area (Å²) >= 11 is 7.38. The Balaban J connectivity index is 1.83. The molecule has 3 aromatic rings. The minimum Gasteiger partial charge on any atom is -0.494 e. The van der Waals surface area contributed by atoms with E-state index >= 15 is 0 Å². The lowest BCUT2D eigenvalue weighted by Crippen LogP contribution is -2.40. The molecule has 2 aromatic carbocycles. The minimum absolute atomic E-state index is 0.0593. The monoisotopic (exact) mass is 516 g/mol. The Morgan fingerprint density at radius 1 is 1.11 bits per heavy atom. The molecule has 7 nitrogen and oxygen atoms in total. The number of carboxylic acids is 1. The van der Waals surface area contributed by atoms with E-state index in [1.165, 1.54) is 11.3 Å². The SMILES string of the molecule is CCOc1ccc(C(CNC(=O)c2nc(-c3ccc(Cl)cc3)sc2C)C(OC(C)C)C(=O)O)cc1. The van der Waals surface area contributed by atoms with Crippen LogP contribution in [0.15, 0.2) is 48.5 Å². The van der Waals surface area contributed by atoms with Crippen LogP contribution in [-0.4, -0.2) is 47.3 Å². The lowest BCUT2D eigenvalue weighted by molar-refractivity contribution is -0.155. The number of thiazole rings is 1. The van der Waals surface area contributed by atoms with Gasteiger partial charge in [0.2, 0.25) is 0 Å². The lowest BCUT2D eigenvalue weighted by Gasteiger charge is -2.26. The molecule has 1 amide bonds. The number of rotatable bonds is 11. The predicted octanol–water partition coefficient (Wildman–Crippen LogP) is 5.56. The molecule has 186 valence electrons. The molecule has 0 saturated carbocycles. The first-order chi connectivity index (χ1) is 16.7. The number of carbonyl (C=O) groups is 2. The molecule has 35 heavy (non-hydrogen) atoms. The van der Waals surface area contributed by atoms with Crippen molar-refractivity contribution in [2.45, 2.75) is 45.8 Å². The standard InChI is InChI=1S/C26H29ClN2O5S/c1-5-33-20-12-8-17(9-13-20)21(23(26(31)32)34-15(2)3)14-28-24(30)22-16(4)35-25(29-22)18-6-10-19(27)11-7-18/h6-13,15,21,23H,5,14H2,1-4H3,(H,28,30)(H,31,32). The highest BCUT2D eigenvalue weighted by Gasteiger charge is 2.32. The van der Waals surface area contributed by atoms with E-state index in [2.05, 4.69) is 10.3 Å². The summed E-state index contributed by atoms with van der Waals surface area (Å²) in [5, 5.41) is 14.1. The van der Waals surface area contributed by atoms with Crippen molar-refractivity contribution in [3.63, 3.8) is 0 Å². The second-order valence-electron chi connectivity index (χ2n) is 8.19. The molecule has 0 radical (unpaired) electrons. The van der Waals surface area contributed by atoms with E-state index in [9.17, 15) is 14.7 Å². The van der Waals surface area contributed by atoms with Crippen LogP contribution in [-0.2, 0) is 9.53 Å². The van der Waals surface area contributed by atoms with Gasteiger partial charge >= 0.3 is 5.97 Å². The molecule has 1 heterocycles. The van der Waals surface area contributed by atoms with E-state index in [4.69, 9.17) is 21.1 Å². The van der Waals surface area contributed by atoms with Crippen molar-refractivity contribution in [3.8, 4) is 16.3 Å². The van der Waals surface area contributed by atoms with Gasteiger partial charge in [-0.2, -0.15) is 0 Å². The fourth-order valence-corrected chi connectivity index (χ4v) is 4.65. The van der Waals surface area contributed by atoms with Crippen molar-refractivity contribution < 1.29 is 24.2 Å². The Morgan fingerprint density at radius 3 is 2.34 bits per heavy atom. The van der Waals surface area contributed by atoms with E-state index in [1.54, 1.807) is 50.2 Å². The molecule has 0 aliphatic heterocycles. The Labute approximate surface area is 214 Å². The molecule has 0 saturated heterocycles. The third kappa shape index (κ3) is 7.04. The molecule has 2 atom stereocenters. The van der Waals surface area contributed by atoms with Crippen LogP contribution in [0.2, 0.25) is 5.02 Å². The number of carboxylic acid groups (broad SMARTS) is 1. The first kappa shape index (κ1) is 26.7. The van der Waals surface area contributed by atoms with Gasteiger partial charge in [-0.15, -0.1) is 11.3 Å². The van der Waals surface area contributed by atoms with Crippen LogP contribution in [0, 0.1) is 6.92 Å². The number of hydrogen-bond donors (Lipinski definition) is 2. The van der Waals surface area contributed by atoms with Gasteiger partial charge in [0.1, 0.15) is 16.5 Å². The largest absolute Gasteiger partial charge is 0.494 e. The normalized spacial score (nSPS) is 12.9. The summed E-state index contributed by atoms with van der Waals surface area (Å²) in [4.78, 5) is 30.4. The number of nitrogens with one attached hydrogen (secondary N) is 1. The molecule has 0 aliphatic rings. The summed E-state index contributed by atoms with van der Waals surface area (Å²) in [5.74, 6) is -1.40. The van der Waals surface area contributed by atoms with Gasteiger partial charge in [-0.3, -0.25) is 4.79 Å². The van der Waals surface area contributed by atoms with Gasteiger partial charge < -0.3 is 19.9 Å². The molecule has 2 unspecified atom stereocenters. The van der Waals surface area contributed by atoms with Gasteiger partial charge in [0.15, 0.2) is 6.10 Å². The number of amides is 1. The first-order valence-corrected chi connectivity index (χ1v) is 12.5. The minimum atomic E-state index is -1.14. The topological polar surface area (TPSA) is 97.8 Å². The van der Waals surface area contributed by atoms with Gasteiger partial charge in [0, 0.05) is 27.9 Å². The maximum atomic E-state index is 13.1. The third-order valence-corrected chi connectivity index (χ3v) is 6.50. The van der Waals surface area contributed by atoms with E-state index in [-0.39, 0.29) is 18.6 Å². The smallest absolute Gasteiger partial charge is 0.333 e. The highest BCUT2D eigenvalue weighted by Crippen LogP contribution is 2.29. The van der Waals surface area contributed by atoms with Crippen molar-refractivity contribution in [2.75, 3.05) is 13.2 Å². The molecule has 0 fully saturated rings. The van der Waals surface area contributed by atoms with Gasteiger partial charge in [-0.1, -0.05) is 35.9 Å². The fourth-order valence-electron chi connectivity index (χ4n) is 3.61. The van der Waals surface area contributed by atoms with Gasteiger partial charge in [-0.05, 0) is 57.5 Å². The second-order valence-corrected chi connectivity index (χ2v) is 9.83. The van der Waals surface area contributed by atoms with Gasteiger partial charge in [0.05, 0.1) is 12.7 Å². The zero-order valence-corrected chi connectivity index (χ0v) is 21.7. The van der Waals surface area contributed by atoms with Crippen LogP contribution in [0.25, 0.3) is 10.6 Å². The predicted molar refractivity (Wildman–Crippen MR) is 138 cm³/mol. The molecular formula is C26H29ClN2O5S. The van der Waals surface area contributed by atoms with E-state index in [0.29, 0.717) is 28.1 Å². The van der Waals surface area contributed by atoms with Crippen molar-refractivity contribution >= 4 is 34.8 Å². The fraction of sp³-hybridized carbons (Fsp3) is 0.346. The Hall–Kier alpha value is -2.94. The van der Waals surface area contributed by atoms with E-state index in [0.717, 1.165) is 16.0 Å². The van der Waals surface area contributed by atoms with Crippen LogP contribution in [0.4, 0.5) is 0 Å². The van der Waals surface area contributed by atoms with Crippen LogP contribution in [0.5, 0.6) is 5.75 Å². The molecular weight excluding hydrogens is 488 g/mol. The number of aryl methyl sites for hydroxylation is 1. The van der Waals surface area contributed by atoms with Crippen molar-refractivity contribution in [2.24, 2.45) is 0 Å². The Kier molecular flexibility index (Phi) is 9.26. The molecule has 0 bridgehead atoms. The van der Waals surface area contributed by atoms with Gasteiger partial charge in [-0.25, -0.2) is 9.78 Å². The summed E-state index contributed by atoms with van der Waals surface area (Å²) in [6.45, 7) is 7.86. The summed E-state index contributed by atoms with van der Waals surface area (Å²) in [6, 6.07) is 14.4. The second kappa shape index (κ2) is 12.2. The number of aromatic nitrogens is 1. The van der Waals surface area contributed by atoms with Gasteiger partial charge in [0.25, 0.3) is 5.91 Å². The Morgan fingerprint density at radius 2 is 1.77 bits per heavy atom. The summed E-state index contributed by atoms with van der Waals surface area (Å²) in [6.07, 6.45) is -1.45. The maximum absolute atomic E-state index is 13.1. The molecule has 9 heteroatoms. The molecule has 2 N–H and O–H groups in total. The number of benzene rings is 2. The summed E-state index contributed by atoms with van der Waals surface area (Å²) < 4.78 is 11.2. The number of ether oxygens (including phenoxy) is 2. The molecule has 3 rings (SSSR count). The first-order valence-electron chi connectivity index (χ1n) is 11.3. The highest BCUT2D eigenvalue weighted by atomic mass is 35.5. The maximum Gasteiger partial charge on any atom is 0.333 e. The number of carbonyl (C=O) groups excluding carboxylic acids is 1. The van der Waals surface area contributed by atoms with Crippen LogP contribution >= 0.6 is 22.9 Å². The van der Waals surface area contributed by atoms with Crippen molar-refractivity contribution in [1.29, 1.82) is 0 Å². The summed E-state index contributed by atoms with van der Waals surface area (Å²) in [5.41, 5.74) is 1.89. The van der Waals surface area contributed by atoms with Crippen LogP contribution in [0.1, 0.15) is 47.6 Å². The van der Waals surface area contributed by atoms with E-state index in [1.807, 2.05) is 26.0 Å². The highest BCUT2D eigenvalue weighted by molar-refractivity contribution is 7.15. The average Bonchev–Trinajstić information content (AvgIpc) is 3.21. The zero-order chi connectivity index (χ0) is 25.5. The number of hydrogen-bond acceptors (Lipinski definition) is 6. The van der Waals surface area contributed by atoms with Crippen molar-refractivity contribution in [3.05, 3.63) is 69.7 Å². The number of aliphatic carboxylic acids is 1. The van der Waals surface area contributed by atoms with Crippen LogP contribution in [0.3, 0.4) is 0 Å². The number of halogens is 1. The molecule has 1 aromatic heterocycles. The number of nitrogens with zero attached hydrogens (tertiary/aromatic N) is 1.